The lowest BCUT2D eigenvalue weighted by Crippen LogP contribution is -2.37. The topological polar surface area (TPSA) is 64.6 Å². The fourth-order valence-corrected chi connectivity index (χ4v) is 3.81. The molecule has 1 N–H and O–H groups in total. The number of ether oxygens (including phenoxy) is 2. The Morgan fingerprint density at radius 3 is 2.39 bits per heavy atom. The van der Waals surface area contributed by atoms with Crippen LogP contribution in [0.1, 0.15) is 31.2 Å². The largest absolute Gasteiger partial charge is 0.493 e. The number of hydrogen-bond acceptors (Lipinski definition) is 4. The van der Waals surface area contributed by atoms with Gasteiger partial charge in [0.2, 0.25) is 5.91 Å². The third-order valence-corrected chi connectivity index (χ3v) is 5.09. The lowest BCUT2D eigenvalue weighted by atomic mass is 9.79. The highest BCUT2D eigenvalue weighted by atomic mass is 16.5. The molecule has 5 heteroatoms. The number of fused-ring (bicyclic) bond motifs is 2. The molecule has 3 rings (SSSR count). The van der Waals surface area contributed by atoms with E-state index in [1.165, 1.54) is 0 Å². The highest BCUT2D eigenvalue weighted by Gasteiger charge is 2.43. The van der Waals surface area contributed by atoms with Crippen LogP contribution in [-0.2, 0) is 16.1 Å². The van der Waals surface area contributed by atoms with Gasteiger partial charge in [0.05, 0.1) is 14.2 Å². The smallest absolute Gasteiger partial charge is 0.223 e. The zero-order chi connectivity index (χ0) is 16.4. The van der Waals surface area contributed by atoms with E-state index in [1.54, 1.807) is 14.2 Å². The zero-order valence-corrected chi connectivity index (χ0v) is 13.6. The molecule has 2 aliphatic rings. The monoisotopic (exact) mass is 317 g/mol. The van der Waals surface area contributed by atoms with Crippen molar-refractivity contribution in [2.75, 3.05) is 14.2 Å². The van der Waals surface area contributed by atoms with Gasteiger partial charge in [0.25, 0.3) is 0 Å². The molecule has 0 radical (unpaired) electrons. The Balaban J connectivity index is 1.58. The van der Waals surface area contributed by atoms with E-state index in [0.717, 1.165) is 18.4 Å². The summed E-state index contributed by atoms with van der Waals surface area (Å²) >= 11 is 0. The molecule has 124 valence electrons. The van der Waals surface area contributed by atoms with Gasteiger partial charge in [-0.05, 0) is 43.4 Å². The average Bonchev–Trinajstić information content (AvgIpc) is 2.79. The Bertz CT molecular complexity index is 597. The summed E-state index contributed by atoms with van der Waals surface area (Å²) in [5.41, 5.74) is 0.964. The second-order valence-corrected chi connectivity index (χ2v) is 6.45. The second-order valence-electron chi connectivity index (χ2n) is 6.45. The number of hydrogen-bond donors (Lipinski definition) is 1. The van der Waals surface area contributed by atoms with Gasteiger partial charge >= 0.3 is 0 Å². The van der Waals surface area contributed by atoms with E-state index in [1.807, 2.05) is 18.2 Å². The summed E-state index contributed by atoms with van der Waals surface area (Å²) in [5.74, 6) is 1.98. The molecular formula is C18H23NO4. The van der Waals surface area contributed by atoms with Crippen molar-refractivity contribution in [1.29, 1.82) is 0 Å². The van der Waals surface area contributed by atoms with Crippen LogP contribution in [0.25, 0.3) is 0 Å². The molecule has 2 fully saturated rings. The maximum Gasteiger partial charge on any atom is 0.223 e. The Kier molecular flexibility index (Phi) is 4.55. The van der Waals surface area contributed by atoms with Crippen molar-refractivity contribution in [2.45, 2.75) is 32.2 Å². The van der Waals surface area contributed by atoms with Gasteiger partial charge in [0.15, 0.2) is 11.5 Å². The van der Waals surface area contributed by atoms with Crippen LogP contribution in [0.4, 0.5) is 0 Å². The van der Waals surface area contributed by atoms with Gasteiger partial charge in [0.1, 0.15) is 5.78 Å². The Morgan fingerprint density at radius 2 is 1.78 bits per heavy atom. The molecular weight excluding hydrogens is 294 g/mol. The van der Waals surface area contributed by atoms with Gasteiger partial charge in [-0.15, -0.1) is 0 Å². The molecule has 0 saturated heterocycles. The highest BCUT2D eigenvalue weighted by Crippen LogP contribution is 2.42. The fourth-order valence-electron chi connectivity index (χ4n) is 3.81. The van der Waals surface area contributed by atoms with E-state index >= 15 is 0 Å². The molecule has 1 aromatic carbocycles. The van der Waals surface area contributed by atoms with Crippen molar-refractivity contribution >= 4 is 11.7 Å². The minimum Gasteiger partial charge on any atom is -0.493 e. The molecule has 0 spiro atoms. The van der Waals surface area contributed by atoms with Crippen LogP contribution in [0.5, 0.6) is 11.5 Å². The van der Waals surface area contributed by atoms with Gasteiger partial charge in [-0.25, -0.2) is 0 Å². The third kappa shape index (κ3) is 3.19. The molecule has 2 bridgehead atoms. The number of Topliss-reactive ketones (excluding diaryl/α,β-unsaturated/α-hetero) is 1. The molecule has 2 aliphatic carbocycles. The summed E-state index contributed by atoms with van der Waals surface area (Å²) in [4.78, 5) is 24.3. The van der Waals surface area contributed by atoms with E-state index in [-0.39, 0.29) is 23.7 Å². The van der Waals surface area contributed by atoms with Crippen molar-refractivity contribution in [1.82, 2.24) is 5.32 Å². The summed E-state index contributed by atoms with van der Waals surface area (Å²) in [5, 5.41) is 2.99. The van der Waals surface area contributed by atoms with Crippen LogP contribution < -0.4 is 14.8 Å². The molecule has 5 nitrogen and oxygen atoms in total. The van der Waals surface area contributed by atoms with Crippen molar-refractivity contribution < 1.29 is 19.1 Å². The molecule has 1 amide bonds. The van der Waals surface area contributed by atoms with Crippen molar-refractivity contribution in [3.8, 4) is 11.5 Å². The first-order valence-corrected chi connectivity index (χ1v) is 8.14. The van der Waals surface area contributed by atoms with Gasteiger partial charge in [-0.1, -0.05) is 6.07 Å². The fraction of sp³-hybridized carbons (Fsp3) is 0.556. The van der Waals surface area contributed by atoms with Crippen LogP contribution in [-0.4, -0.2) is 25.9 Å². The summed E-state index contributed by atoms with van der Waals surface area (Å²) in [6.07, 6.45) is 3.35. The molecule has 2 atom stereocenters. The lowest BCUT2D eigenvalue weighted by molar-refractivity contribution is -0.132. The minimum atomic E-state index is -0.0228. The van der Waals surface area contributed by atoms with Crippen molar-refractivity contribution in [2.24, 2.45) is 17.8 Å². The molecule has 0 aliphatic heterocycles. The van der Waals surface area contributed by atoms with E-state index in [2.05, 4.69) is 5.32 Å². The molecule has 2 saturated carbocycles. The Morgan fingerprint density at radius 1 is 1.13 bits per heavy atom. The summed E-state index contributed by atoms with van der Waals surface area (Å²) in [6, 6.07) is 5.61. The van der Waals surface area contributed by atoms with E-state index in [9.17, 15) is 9.59 Å². The number of methoxy groups -OCH3 is 2. The molecule has 0 heterocycles. The standard InChI is InChI=1S/C18H23NO4/c1-22-15-6-3-11(7-16(15)23-2)10-19-18(21)14-8-12-4-5-13(9-14)17(12)20/h3,6-7,12-14H,4-5,8-10H2,1-2H3,(H,19,21). The maximum absolute atomic E-state index is 12.4. The number of carbonyl (C=O) groups excluding carboxylic acids is 2. The van der Waals surface area contributed by atoms with E-state index < -0.39 is 0 Å². The van der Waals surface area contributed by atoms with Gasteiger partial charge in [0, 0.05) is 24.3 Å². The lowest BCUT2D eigenvalue weighted by Gasteiger charge is -2.25. The number of amides is 1. The second kappa shape index (κ2) is 6.60. The van der Waals surface area contributed by atoms with Crippen molar-refractivity contribution in [3.63, 3.8) is 0 Å². The first kappa shape index (κ1) is 15.8. The van der Waals surface area contributed by atoms with E-state index in [4.69, 9.17) is 9.47 Å². The minimum absolute atomic E-state index is 0.0228. The van der Waals surface area contributed by atoms with Crippen LogP contribution in [0.3, 0.4) is 0 Å². The SMILES string of the molecule is COc1ccc(CNC(=O)C2CC3CCC(C2)C3=O)cc1OC. The van der Waals surface area contributed by atoms with Gasteiger partial charge in [-0.2, -0.15) is 0 Å². The van der Waals surface area contributed by atoms with Crippen LogP contribution in [0, 0.1) is 17.8 Å². The maximum atomic E-state index is 12.4. The normalized spacial score (nSPS) is 26.0. The van der Waals surface area contributed by atoms with Crippen LogP contribution in [0.2, 0.25) is 0 Å². The number of benzene rings is 1. The first-order valence-electron chi connectivity index (χ1n) is 8.14. The van der Waals surface area contributed by atoms with E-state index in [0.29, 0.717) is 36.7 Å². The van der Waals surface area contributed by atoms with Gasteiger partial charge < -0.3 is 14.8 Å². The number of rotatable bonds is 5. The molecule has 1 aromatic rings. The Hall–Kier alpha value is -2.04. The highest BCUT2D eigenvalue weighted by molar-refractivity contribution is 5.89. The first-order chi connectivity index (χ1) is 11.1. The number of nitrogens with one attached hydrogen (secondary N) is 1. The number of carbonyl (C=O) groups is 2. The summed E-state index contributed by atoms with van der Waals surface area (Å²) in [6.45, 7) is 0.457. The Labute approximate surface area is 136 Å². The van der Waals surface area contributed by atoms with Crippen LogP contribution >= 0.6 is 0 Å². The van der Waals surface area contributed by atoms with Gasteiger partial charge in [-0.3, -0.25) is 9.59 Å². The summed E-state index contributed by atoms with van der Waals surface area (Å²) in [7, 11) is 3.19. The van der Waals surface area contributed by atoms with Crippen molar-refractivity contribution in [3.05, 3.63) is 23.8 Å². The predicted molar refractivity (Wildman–Crippen MR) is 85.3 cm³/mol. The molecule has 23 heavy (non-hydrogen) atoms. The predicted octanol–water partition coefficient (Wildman–Crippen LogP) is 2.33. The average molecular weight is 317 g/mol. The number of ketones is 1. The zero-order valence-electron chi connectivity index (χ0n) is 13.6. The third-order valence-electron chi connectivity index (χ3n) is 5.09. The molecule has 0 aromatic heterocycles. The molecule has 2 unspecified atom stereocenters. The summed E-state index contributed by atoms with van der Waals surface area (Å²) < 4.78 is 10.5. The van der Waals surface area contributed by atoms with Crippen LogP contribution in [0.15, 0.2) is 18.2 Å². The quantitative estimate of drug-likeness (QED) is 0.905.